The minimum absolute atomic E-state index is 0.0193. The molecule has 0 amide bonds. The number of hydrogen-bond acceptors (Lipinski definition) is 2. The Morgan fingerprint density at radius 3 is 1.35 bits per heavy atom. The Morgan fingerprint density at radius 2 is 1.00 bits per heavy atom. The van der Waals surface area contributed by atoms with Gasteiger partial charge in [0.25, 0.3) is 15.8 Å². The Kier molecular flexibility index (Phi) is 16.6. The summed E-state index contributed by atoms with van der Waals surface area (Å²) in [5.74, 6) is 0. The van der Waals surface area contributed by atoms with Gasteiger partial charge in [-0.15, -0.1) is 0 Å². The molecule has 3 N–H and O–H groups in total. The van der Waals surface area contributed by atoms with E-state index in [1.54, 1.807) is 4.67 Å². The second-order valence-corrected chi connectivity index (χ2v) is 17.0. The zero-order chi connectivity index (χ0) is 35.9. The maximum Gasteiger partial charge on any atom is 0.282 e. The summed E-state index contributed by atoms with van der Waals surface area (Å²) in [5, 5.41) is 6.63. The van der Waals surface area contributed by atoms with Crippen LogP contribution in [0.3, 0.4) is 0 Å². The lowest BCUT2D eigenvalue weighted by molar-refractivity contribution is 0.147. The average Bonchev–Trinajstić information content (AvgIpc) is 3.07. The van der Waals surface area contributed by atoms with Crippen LogP contribution < -0.4 is 10.2 Å². The Labute approximate surface area is 296 Å². The summed E-state index contributed by atoms with van der Waals surface area (Å²) >= 11 is 0. The van der Waals surface area contributed by atoms with E-state index in [-0.39, 0.29) is 23.7 Å². The smallest absolute Gasteiger partial charge is 0.282 e. The molecule has 0 aliphatic rings. The Morgan fingerprint density at radius 1 is 0.633 bits per heavy atom. The fourth-order valence-corrected chi connectivity index (χ4v) is 10.1. The summed E-state index contributed by atoms with van der Waals surface area (Å²) in [6, 6.07) is 41.1. The van der Waals surface area contributed by atoms with E-state index in [4.69, 9.17) is 0 Å². The molecule has 0 aliphatic carbocycles. The fourth-order valence-electron chi connectivity index (χ4n) is 6.52. The Hall–Kier alpha value is -2.86. The first-order valence-electron chi connectivity index (χ1n) is 17.4. The Bertz CT molecular complexity index is 1500. The third-order valence-electron chi connectivity index (χ3n) is 8.59. The highest BCUT2D eigenvalue weighted by Crippen LogP contribution is 2.45. The van der Waals surface area contributed by atoms with Gasteiger partial charge in [0.15, 0.2) is 0 Å². The molecule has 0 fully saturated rings. The first kappa shape index (κ1) is 40.6. The van der Waals surface area contributed by atoms with Crippen molar-refractivity contribution in [1.82, 2.24) is 19.5 Å². The number of aryl methyl sites for hydroxylation is 1. The lowest BCUT2D eigenvalue weighted by Gasteiger charge is -2.42. The maximum atomic E-state index is 13.8. The molecule has 0 heterocycles. The summed E-state index contributed by atoms with van der Waals surface area (Å²) < 4.78 is 29.8. The van der Waals surface area contributed by atoms with Crippen molar-refractivity contribution in [2.75, 3.05) is 0 Å². The zero-order valence-corrected chi connectivity index (χ0v) is 32.3. The summed E-state index contributed by atoms with van der Waals surface area (Å²) in [5.41, 5.74) is 4.34. The van der Waals surface area contributed by atoms with Gasteiger partial charge in [0, 0.05) is 36.8 Å². The molecule has 7 nitrogen and oxygen atoms in total. The highest BCUT2D eigenvalue weighted by Gasteiger charge is 2.37. The van der Waals surface area contributed by atoms with Crippen molar-refractivity contribution in [2.24, 2.45) is 0 Å². The van der Waals surface area contributed by atoms with Crippen molar-refractivity contribution in [2.45, 2.75) is 104 Å². The lowest BCUT2D eigenvalue weighted by atomic mass is 9.86. The van der Waals surface area contributed by atoms with E-state index in [2.05, 4.69) is 73.7 Å². The van der Waals surface area contributed by atoms with Gasteiger partial charge in [-0.1, -0.05) is 121 Å². The summed E-state index contributed by atoms with van der Waals surface area (Å²) in [6.07, 6.45) is 2.49. The van der Waals surface area contributed by atoms with Crippen LogP contribution in [0, 0.1) is 0 Å². The second-order valence-electron chi connectivity index (χ2n) is 13.7. The van der Waals surface area contributed by atoms with Gasteiger partial charge in [-0.05, 0) is 90.0 Å². The third kappa shape index (κ3) is 13.1. The molecule has 0 saturated heterocycles. The quantitative estimate of drug-likeness (QED) is 0.0945. The molecule has 266 valence electrons. The van der Waals surface area contributed by atoms with Gasteiger partial charge >= 0.3 is 0 Å². The normalized spacial score (nSPS) is 13.8. The SMILES string of the molecule is CC(C)N(C(C)C)P(=O)(NCc1ccccc1)NCc1ccccc1.CC(C)N([PH](=O)O)C(C)(CCc1ccccc1)Cc1ccccc1. The molecule has 4 aromatic carbocycles. The van der Waals surface area contributed by atoms with Crippen molar-refractivity contribution in [1.29, 1.82) is 0 Å². The average molecular weight is 705 g/mol. The van der Waals surface area contributed by atoms with E-state index < -0.39 is 15.8 Å². The van der Waals surface area contributed by atoms with Crippen molar-refractivity contribution >= 4 is 15.8 Å². The minimum atomic E-state index is -2.94. The lowest BCUT2D eigenvalue weighted by Crippen LogP contribution is -2.47. The standard InChI is InChI=1S/C20H30N3OP.C20H28NO2P/c1-17(2)23(18(3)4)25(24,21-15-19-11-7-5-8-12-19)22-16-20-13-9-6-10-14-20;1-17(2)21(24(22)23)20(3,16-19-12-8-5-9-13-19)15-14-18-10-6-4-7-11-18/h5-14,17-18H,15-16H2,1-4H3,(H2,21,22,24);4-13,17,24H,14-16H2,1-3H3,(H,22,23). The first-order chi connectivity index (χ1) is 23.3. The molecular weight excluding hydrogens is 646 g/mol. The molecule has 0 saturated carbocycles. The van der Waals surface area contributed by atoms with Crippen molar-refractivity contribution < 1.29 is 14.0 Å². The highest BCUT2D eigenvalue weighted by molar-refractivity contribution is 7.57. The molecule has 4 aromatic rings. The molecule has 9 heteroatoms. The number of nitrogens with one attached hydrogen (secondary N) is 2. The van der Waals surface area contributed by atoms with E-state index in [9.17, 15) is 14.0 Å². The van der Waals surface area contributed by atoms with Gasteiger partial charge in [0.2, 0.25) is 0 Å². The van der Waals surface area contributed by atoms with Crippen molar-refractivity contribution in [3.63, 3.8) is 0 Å². The summed E-state index contributed by atoms with van der Waals surface area (Å²) in [4.78, 5) is 9.97. The van der Waals surface area contributed by atoms with Gasteiger partial charge in [0.05, 0.1) is 0 Å². The zero-order valence-electron chi connectivity index (χ0n) is 30.4. The van der Waals surface area contributed by atoms with Crippen LogP contribution in [-0.2, 0) is 35.1 Å². The molecule has 0 radical (unpaired) electrons. The van der Waals surface area contributed by atoms with Crippen LogP contribution in [-0.4, -0.2) is 37.9 Å². The number of nitrogens with zero attached hydrogens (tertiary/aromatic N) is 2. The molecule has 49 heavy (non-hydrogen) atoms. The van der Waals surface area contributed by atoms with Gasteiger partial charge in [0.1, 0.15) is 0 Å². The number of hydrogen-bond donors (Lipinski definition) is 3. The molecule has 0 spiro atoms. The molecule has 0 aromatic heterocycles. The number of rotatable bonds is 17. The monoisotopic (exact) mass is 704 g/mol. The van der Waals surface area contributed by atoms with E-state index in [0.717, 1.165) is 30.4 Å². The maximum absolute atomic E-state index is 13.8. The molecule has 2 unspecified atom stereocenters. The number of benzene rings is 4. The first-order valence-corrected chi connectivity index (χ1v) is 20.4. The molecule has 2 atom stereocenters. The van der Waals surface area contributed by atoms with Crippen LogP contribution in [0.15, 0.2) is 121 Å². The third-order valence-corrected chi connectivity index (χ3v) is 12.8. The molecule has 0 bridgehead atoms. The van der Waals surface area contributed by atoms with Crippen LogP contribution in [0.1, 0.15) is 77.1 Å². The topological polar surface area (TPSA) is 84.9 Å². The van der Waals surface area contributed by atoms with Gasteiger partial charge in [-0.25, -0.2) is 19.5 Å². The molecule has 4 rings (SSSR count). The molecular formula is C40H58N4O3P2. The van der Waals surface area contributed by atoms with Crippen LogP contribution in [0.2, 0.25) is 0 Å². The second kappa shape index (κ2) is 20.1. The van der Waals surface area contributed by atoms with Crippen LogP contribution in [0.25, 0.3) is 0 Å². The van der Waals surface area contributed by atoms with Gasteiger partial charge in [-0.3, -0.25) is 9.13 Å². The highest BCUT2D eigenvalue weighted by atomic mass is 31.2. The van der Waals surface area contributed by atoms with Crippen LogP contribution in [0.4, 0.5) is 0 Å². The summed E-state index contributed by atoms with van der Waals surface area (Å²) in [7, 11) is -5.71. The van der Waals surface area contributed by atoms with Crippen LogP contribution in [0.5, 0.6) is 0 Å². The predicted molar refractivity (Wildman–Crippen MR) is 208 cm³/mol. The van der Waals surface area contributed by atoms with E-state index in [1.165, 1.54) is 11.1 Å². The van der Waals surface area contributed by atoms with Crippen molar-refractivity contribution in [3.05, 3.63) is 144 Å². The van der Waals surface area contributed by atoms with Gasteiger partial charge in [-0.2, -0.15) is 0 Å². The van der Waals surface area contributed by atoms with Crippen LogP contribution >= 0.6 is 15.8 Å². The van der Waals surface area contributed by atoms with Gasteiger partial charge < -0.3 is 4.89 Å². The van der Waals surface area contributed by atoms with E-state index in [1.807, 2.05) is 111 Å². The van der Waals surface area contributed by atoms with E-state index >= 15 is 0 Å². The van der Waals surface area contributed by atoms with E-state index in [0.29, 0.717) is 13.1 Å². The predicted octanol–water partition coefficient (Wildman–Crippen LogP) is 9.51. The fraction of sp³-hybridized carbons (Fsp3) is 0.400. The minimum Gasteiger partial charge on any atom is -0.335 e. The van der Waals surface area contributed by atoms with Crippen molar-refractivity contribution in [3.8, 4) is 0 Å². The largest absolute Gasteiger partial charge is 0.335 e. The Balaban J connectivity index is 0.000000266. The molecule has 0 aliphatic heterocycles. The summed E-state index contributed by atoms with van der Waals surface area (Å²) in [6.45, 7) is 15.6.